The number of hydrogen-bond donors (Lipinski definition) is 1. The SMILES string of the molecule is C[S+](Cc1ccc(O)cc1)Cc1cccc2ccccc12. The Balaban J connectivity index is 1.77. The maximum atomic E-state index is 9.35. The molecule has 3 aromatic carbocycles. The molecule has 0 bridgehead atoms. The van der Waals surface area contributed by atoms with Crippen LogP contribution in [0, 0.1) is 0 Å². The van der Waals surface area contributed by atoms with Gasteiger partial charge in [-0.3, -0.25) is 0 Å². The van der Waals surface area contributed by atoms with E-state index in [1.807, 2.05) is 12.1 Å². The van der Waals surface area contributed by atoms with Crippen molar-refractivity contribution in [3.63, 3.8) is 0 Å². The van der Waals surface area contributed by atoms with E-state index in [2.05, 4.69) is 48.7 Å². The van der Waals surface area contributed by atoms with Crippen molar-refractivity contribution in [3.8, 4) is 5.75 Å². The topological polar surface area (TPSA) is 20.2 Å². The van der Waals surface area contributed by atoms with Crippen molar-refractivity contribution in [2.24, 2.45) is 0 Å². The van der Waals surface area contributed by atoms with Gasteiger partial charge in [0.2, 0.25) is 0 Å². The summed E-state index contributed by atoms with van der Waals surface area (Å²) in [5.41, 5.74) is 2.72. The molecule has 0 saturated carbocycles. The normalized spacial score (nSPS) is 12.4. The first-order chi connectivity index (χ1) is 10.2. The highest BCUT2D eigenvalue weighted by atomic mass is 32.2. The van der Waals surface area contributed by atoms with E-state index < -0.39 is 0 Å². The highest BCUT2D eigenvalue weighted by Crippen LogP contribution is 2.22. The summed E-state index contributed by atoms with van der Waals surface area (Å²) in [6.07, 6.45) is 2.31. The van der Waals surface area contributed by atoms with E-state index in [0.29, 0.717) is 5.75 Å². The number of rotatable bonds is 4. The molecule has 0 aliphatic carbocycles. The molecule has 3 rings (SSSR count). The van der Waals surface area contributed by atoms with E-state index >= 15 is 0 Å². The number of hydrogen-bond acceptors (Lipinski definition) is 1. The van der Waals surface area contributed by atoms with Gasteiger partial charge in [-0.15, -0.1) is 0 Å². The lowest BCUT2D eigenvalue weighted by atomic mass is 10.1. The third kappa shape index (κ3) is 3.40. The van der Waals surface area contributed by atoms with E-state index in [-0.39, 0.29) is 10.9 Å². The second kappa shape index (κ2) is 6.23. The first kappa shape index (κ1) is 14.0. The number of aromatic hydroxyl groups is 1. The summed E-state index contributed by atoms with van der Waals surface area (Å²) in [5, 5.41) is 12.0. The fraction of sp³-hybridized carbons (Fsp3) is 0.158. The Morgan fingerprint density at radius 1 is 0.810 bits per heavy atom. The van der Waals surface area contributed by atoms with Gasteiger partial charge in [0.15, 0.2) is 0 Å². The molecule has 0 saturated heterocycles. The molecular formula is C19H19OS+. The van der Waals surface area contributed by atoms with Crippen molar-refractivity contribution in [2.45, 2.75) is 11.5 Å². The van der Waals surface area contributed by atoms with Crippen LogP contribution in [0.15, 0.2) is 66.7 Å². The molecule has 0 aromatic heterocycles. The lowest BCUT2D eigenvalue weighted by Crippen LogP contribution is -2.06. The van der Waals surface area contributed by atoms with Gasteiger partial charge in [-0.1, -0.05) is 54.6 Å². The quantitative estimate of drug-likeness (QED) is 0.703. The second-order valence-electron chi connectivity index (χ2n) is 5.37. The molecule has 1 atom stereocenters. The van der Waals surface area contributed by atoms with Gasteiger partial charge in [-0.25, -0.2) is 0 Å². The third-order valence-electron chi connectivity index (χ3n) is 3.63. The van der Waals surface area contributed by atoms with Crippen LogP contribution in [0.1, 0.15) is 11.1 Å². The third-order valence-corrected chi connectivity index (χ3v) is 5.26. The second-order valence-corrected chi connectivity index (χ2v) is 7.52. The lowest BCUT2D eigenvalue weighted by molar-refractivity contribution is 0.475. The Bertz CT molecular complexity index is 729. The molecule has 0 aliphatic rings. The molecule has 21 heavy (non-hydrogen) atoms. The predicted octanol–water partition coefficient (Wildman–Crippen LogP) is 4.49. The van der Waals surface area contributed by atoms with Crippen LogP contribution < -0.4 is 0 Å². The van der Waals surface area contributed by atoms with Crippen molar-refractivity contribution < 1.29 is 5.11 Å². The van der Waals surface area contributed by atoms with Gasteiger partial charge in [0.05, 0.1) is 6.26 Å². The average Bonchev–Trinajstić information content (AvgIpc) is 2.50. The minimum atomic E-state index is 0.284. The Kier molecular flexibility index (Phi) is 4.16. The van der Waals surface area contributed by atoms with Crippen LogP contribution in [0.25, 0.3) is 10.8 Å². The van der Waals surface area contributed by atoms with E-state index in [9.17, 15) is 5.11 Å². The van der Waals surface area contributed by atoms with E-state index in [1.54, 1.807) is 12.1 Å². The molecular weight excluding hydrogens is 276 g/mol. The van der Waals surface area contributed by atoms with Crippen molar-refractivity contribution >= 4 is 21.7 Å². The summed E-state index contributed by atoms with van der Waals surface area (Å²) in [5.74, 6) is 2.50. The summed E-state index contributed by atoms with van der Waals surface area (Å²) in [6.45, 7) is 0. The van der Waals surface area contributed by atoms with E-state index in [4.69, 9.17) is 0 Å². The predicted molar refractivity (Wildman–Crippen MR) is 92.8 cm³/mol. The molecule has 0 fully saturated rings. The van der Waals surface area contributed by atoms with Crippen LogP contribution in [0.4, 0.5) is 0 Å². The number of phenolic OH excluding ortho intramolecular Hbond substituents is 1. The smallest absolute Gasteiger partial charge is 0.133 e. The lowest BCUT2D eigenvalue weighted by Gasteiger charge is -2.07. The number of benzene rings is 3. The molecule has 0 heterocycles. The van der Waals surface area contributed by atoms with Crippen LogP contribution in [0.3, 0.4) is 0 Å². The molecule has 0 aliphatic heterocycles. The first-order valence-electron chi connectivity index (χ1n) is 7.06. The molecule has 3 aromatic rings. The molecule has 0 spiro atoms. The van der Waals surface area contributed by atoms with Gasteiger partial charge in [0.1, 0.15) is 17.3 Å². The highest BCUT2D eigenvalue weighted by Gasteiger charge is 2.15. The van der Waals surface area contributed by atoms with Gasteiger partial charge < -0.3 is 5.11 Å². The van der Waals surface area contributed by atoms with Crippen molar-refractivity contribution in [1.29, 1.82) is 0 Å². The Morgan fingerprint density at radius 2 is 1.52 bits per heavy atom. The van der Waals surface area contributed by atoms with Crippen molar-refractivity contribution in [3.05, 3.63) is 77.9 Å². The molecule has 1 unspecified atom stereocenters. The van der Waals surface area contributed by atoms with E-state index in [1.165, 1.54) is 21.9 Å². The van der Waals surface area contributed by atoms with Crippen LogP contribution in [-0.2, 0) is 22.4 Å². The average molecular weight is 295 g/mol. The molecule has 2 heteroatoms. The minimum Gasteiger partial charge on any atom is -0.508 e. The Hall–Kier alpha value is -1.93. The van der Waals surface area contributed by atoms with Gasteiger partial charge in [0.25, 0.3) is 0 Å². The number of fused-ring (bicyclic) bond motifs is 1. The van der Waals surface area contributed by atoms with Crippen LogP contribution in [-0.4, -0.2) is 11.4 Å². The fourth-order valence-electron chi connectivity index (χ4n) is 2.61. The van der Waals surface area contributed by atoms with Crippen LogP contribution in [0.2, 0.25) is 0 Å². The van der Waals surface area contributed by atoms with Gasteiger partial charge in [-0.05, 0) is 33.8 Å². The monoisotopic (exact) mass is 295 g/mol. The standard InChI is InChI=1S/C19H18OS/c1-21(13-15-9-11-18(20)12-10-15)14-17-7-4-6-16-5-2-3-8-19(16)17/h2-12H,13-14H2,1H3/p+1. The molecule has 1 N–H and O–H groups in total. The maximum Gasteiger partial charge on any atom is 0.133 e. The number of phenols is 1. The van der Waals surface area contributed by atoms with Gasteiger partial charge in [0, 0.05) is 11.1 Å². The summed E-state index contributed by atoms with van der Waals surface area (Å²) in [6, 6.07) is 22.7. The molecule has 0 amide bonds. The molecule has 1 nitrogen and oxygen atoms in total. The Morgan fingerprint density at radius 3 is 2.33 bits per heavy atom. The zero-order chi connectivity index (χ0) is 14.7. The van der Waals surface area contributed by atoms with E-state index in [0.717, 1.165) is 11.5 Å². The van der Waals surface area contributed by atoms with Crippen LogP contribution in [0.5, 0.6) is 5.75 Å². The largest absolute Gasteiger partial charge is 0.508 e. The maximum absolute atomic E-state index is 9.35. The zero-order valence-electron chi connectivity index (χ0n) is 12.1. The summed E-state index contributed by atoms with van der Waals surface area (Å²) in [7, 11) is 0.284. The van der Waals surface area contributed by atoms with Crippen molar-refractivity contribution in [1.82, 2.24) is 0 Å². The molecule has 106 valence electrons. The zero-order valence-corrected chi connectivity index (χ0v) is 12.9. The van der Waals surface area contributed by atoms with Crippen LogP contribution >= 0.6 is 0 Å². The van der Waals surface area contributed by atoms with Crippen molar-refractivity contribution in [2.75, 3.05) is 6.26 Å². The Labute approximate surface area is 128 Å². The summed E-state index contributed by atoms with van der Waals surface area (Å²) < 4.78 is 0. The molecule has 0 radical (unpaired) electrons. The highest BCUT2D eigenvalue weighted by molar-refractivity contribution is 7.94. The van der Waals surface area contributed by atoms with Gasteiger partial charge >= 0.3 is 0 Å². The summed E-state index contributed by atoms with van der Waals surface area (Å²) in [4.78, 5) is 0. The van der Waals surface area contributed by atoms with Gasteiger partial charge in [-0.2, -0.15) is 0 Å². The first-order valence-corrected chi connectivity index (χ1v) is 9.03. The minimum absolute atomic E-state index is 0.284. The fourth-order valence-corrected chi connectivity index (χ4v) is 4.26. The summed E-state index contributed by atoms with van der Waals surface area (Å²) >= 11 is 0.